The fraction of sp³-hybridized carbons (Fsp3) is 0.412. The molecular weight excluding hydrogens is 438 g/mol. The molecule has 0 N–H and O–H groups in total. The fourth-order valence-corrected chi connectivity index (χ4v) is 3.75. The highest BCUT2D eigenvalue weighted by molar-refractivity contribution is 7.99. The van der Waals surface area contributed by atoms with E-state index in [9.17, 15) is 18.0 Å². The molecule has 11 heteroatoms. The van der Waals surface area contributed by atoms with Crippen molar-refractivity contribution in [3.63, 3.8) is 0 Å². The van der Waals surface area contributed by atoms with Crippen molar-refractivity contribution >= 4 is 41.0 Å². The second kappa shape index (κ2) is 10.3. The predicted molar refractivity (Wildman–Crippen MR) is 104 cm³/mol. The number of nitrogens with zero attached hydrogens (tertiary/aromatic N) is 3. The number of thioether (sulfide) groups is 1. The summed E-state index contributed by atoms with van der Waals surface area (Å²) < 4.78 is 44.0. The van der Waals surface area contributed by atoms with E-state index in [4.69, 9.17) is 27.9 Å². The standard InChI is InChI=1S/C17H18Cl2F3N3O2S/c1-2-4-24(16(26)25-5-3-23-11-25)6-7-27-15-13(18)8-12(9-14(15)19)28-10-17(20,21)22/h3,5,8-9,11H,2,4,6-7,10H2,1H3. The molecule has 1 aromatic carbocycles. The van der Waals surface area contributed by atoms with Gasteiger partial charge in [0.2, 0.25) is 0 Å². The van der Waals surface area contributed by atoms with Gasteiger partial charge in [-0.05, 0) is 18.6 Å². The minimum Gasteiger partial charge on any atom is -0.489 e. The second-order valence-electron chi connectivity index (χ2n) is 5.71. The number of halogens is 5. The minimum atomic E-state index is -4.29. The molecular formula is C17H18Cl2F3N3O2S. The molecule has 0 bridgehead atoms. The number of hydrogen-bond acceptors (Lipinski definition) is 4. The zero-order valence-electron chi connectivity index (χ0n) is 14.9. The van der Waals surface area contributed by atoms with E-state index in [-0.39, 0.29) is 35.0 Å². The molecule has 154 valence electrons. The molecule has 0 aliphatic heterocycles. The van der Waals surface area contributed by atoms with Gasteiger partial charge in [-0.25, -0.2) is 9.78 Å². The number of imidazole rings is 1. The van der Waals surface area contributed by atoms with Gasteiger partial charge < -0.3 is 9.64 Å². The average molecular weight is 456 g/mol. The second-order valence-corrected chi connectivity index (χ2v) is 7.57. The maximum absolute atomic E-state index is 12.4. The third-order valence-corrected chi connectivity index (χ3v) is 5.07. The summed E-state index contributed by atoms with van der Waals surface area (Å²) in [7, 11) is 0. The van der Waals surface area contributed by atoms with E-state index in [1.54, 1.807) is 11.1 Å². The quantitative estimate of drug-likeness (QED) is 0.485. The number of carbonyl (C=O) groups excluding carboxylic acids is 1. The highest BCUT2D eigenvalue weighted by Gasteiger charge is 2.27. The number of carbonyl (C=O) groups is 1. The lowest BCUT2D eigenvalue weighted by Crippen LogP contribution is -2.37. The van der Waals surface area contributed by atoms with Gasteiger partial charge in [0.15, 0.2) is 5.75 Å². The lowest BCUT2D eigenvalue weighted by Gasteiger charge is -2.22. The summed E-state index contributed by atoms with van der Waals surface area (Å²) >= 11 is 12.8. The number of ether oxygens (including phenoxy) is 1. The molecule has 1 aromatic heterocycles. The van der Waals surface area contributed by atoms with Gasteiger partial charge in [0.25, 0.3) is 0 Å². The Balaban J connectivity index is 1.98. The number of alkyl halides is 3. The SMILES string of the molecule is CCCN(CCOc1c(Cl)cc(SCC(F)(F)F)cc1Cl)C(=O)n1ccnc1. The zero-order chi connectivity index (χ0) is 20.7. The van der Waals surface area contributed by atoms with E-state index in [0.717, 1.165) is 6.42 Å². The van der Waals surface area contributed by atoms with Gasteiger partial charge in [0, 0.05) is 23.8 Å². The molecule has 28 heavy (non-hydrogen) atoms. The van der Waals surface area contributed by atoms with Crippen LogP contribution < -0.4 is 4.74 Å². The van der Waals surface area contributed by atoms with Crippen LogP contribution in [-0.2, 0) is 0 Å². The van der Waals surface area contributed by atoms with E-state index >= 15 is 0 Å². The molecule has 0 saturated carbocycles. The summed E-state index contributed by atoms with van der Waals surface area (Å²) in [5.74, 6) is -0.867. The Morgan fingerprint density at radius 1 is 1.29 bits per heavy atom. The molecule has 0 unspecified atom stereocenters. The van der Waals surface area contributed by atoms with E-state index in [1.165, 1.54) is 29.2 Å². The van der Waals surface area contributed by atoms with Crippen molar-refractivity contribution in [1.82, 2.24) is 14.5 Å². The first kappa shape index (κ1) is 22.7. The van der Waals surface area contributed by atoms with Crippen molar-refractivity contribution in [3.8, 4) is 5.75 Å². The first-order valence-corrected chi connectivity index (χ1v) is 10.0. The molecule has 0 atom stereocenters. The van der Waals surface area contributed by atoms with Crippen molar-refractivity contribution in [1.29, 1.82) is 0 Å². The highest BCUT2D eigenvalue weighted by atomic mass is 35.5. The van der Waals surface area contributed by atoms with Crippen LogP contribution in [0.4, 0.5) is 18.0 Å². The van der Waals surface area contributed by atoms with E-state index in [2.05, 4.69) is 4.98 Å². The number of aromatic nitrogens is 2. The van der Waals surface area contributed by atoms with E-state index in [0.29, 0.717) is 23.2 Å². The first-order valence-electron chi connectivity index (χ1n) is 8.30. The lowest BCUT2D eigenvalue weighted by molar-refractivity contribution is -0.105. The molecule has 0 fully saturated rings. The number of amides is 1. The monoisotopic (exact) mass is 455 g/mol. The number of hydrogen-bond donors (Lipinski definition) is 0. The zero-order valence-corrected chi connectivity index (χ0v) is 17.2. The van der Waals surface area contributed by atoms with Crippen molar-refractivity contribution in [2.45, 2.75) is 24.4 Å². The molecule has 0 radical (unpaired) electrons. The van der Waals surface area contributed by atoms with Crippen molar-refractivity contribution < 1.29 is 22.7 Å². The Kier molecular flexibility index (Phi) is 8.33. The molecule has 1 amide bonds. The third kappa shape index (κ3) is 6.79. The van der Waals surface area contributed by atoms with Crippen LogP contribution >= 0.6 is 35.0 Å². The van der Waals surface area contributed by atoms with Crippen LogP contribution in [0.2, 0.25) is 10.0 Å². The van der Waals surface area contributed by atoms with Crippen molar-refractivity contribution in [2.75, 3.05) is 25.4 Å². The predicted octanol–water partition coefficient (Wildman–Crippen LogP) is 5.60. The van der Waals surface area contributed by atoms with Crippen molar-refractivity contribution in [2.24, 2.45) is 0 Å². The molecule has 1 heterocycles. The molecule has 0 aliphatic rings. The van der Waals surface area contributed by atoms with Gasteiger partial charge >= 0.3 is 12.2 Å². The largest absolute Gasteiger partial charge is 0.489 e. The topological polar surface area (TPSA) is 47.4 Å². The molecule has 0 spiro atoms. The van der Waals surface area contributed by atoms with Crippen LogP contribution in [0.3, 0.4) is 0 Å². The summed E-state index contributed by atoms with van der Waals surface area (Å²) in [6, 6.07) is 2.51. The summed E-state index contributed by atoms with van der Waals surface area (Å²) in [6.45, 7) is 2.87. The summed E-state index contributed by atoms with van der Waals surface area (Å²) in [5, 5.41) is 0.223. The summed E-state index contributed by atoms with van der Waals surface area (Å²) in [6.07, 6.45) is 0.945. The average Bonchev–Trinajstić information content (AvgIpc) is 3.14. The molecule has 5 nitrogen and oxygen atoms in total. The van der Waals surface area contributed by atoms with Gasteiger partial charge in [-0.2, -0.15) is 13.2 Å². The van der Waals surface area contributed by atoms with Gasteiger partial charge in [-0.3, -0.25) is 4.57 Å². The van der Waals surface area contributed by atoms with Crippen LogP contribution in [0.5, 0.6) is 5.75 Å². The Labute approximate surface area is 174 Å². The third-order valence-electron chi connectivity index (χ3n) is 3.47. The minimum absolute atomic E-state index is 0.111. The fourth-order valence-electron chi connectivity index (χ4n) is 2.29. The Hall–Kier alpha value is -1.58. The Morgan fingerprint density at radius 2 is 1.96 bits per heavy atom. The summed E-state index contributed by atoms with van der Waals surface area (Å²) in [4.78, 5) is 18.2. The van der Waals surface area contributed by atoms with Crippen molar-refractivity contribution in [3.05, 3.63) is 40.9 Å². The van der Waals surface area contributed by atoms with Crippen LogP contribution in [0.25, 0.3) is 0 Å². The van der Waals surface area contributed by atoms with Gasteiger partial charge in [0.1, 0.15) is 12.9 Å². The van der Waals surface area contributed by atoms with Gasteiger partial charge in [-0.1, -0.05) is 30.1 Å². The summed E-state index contributed by atoms with van der Waals surface area (Å²) in [5.41, 5.74) is 0. The Bertz CT molecular complexity index is 765. The Morgan fingerprint density at radius 3 is 2.50 bits per heavy atom. The number of benzene rings is 1. The van der Waals surface area contributed by atoms with Crippen LogP contribution in [0.15, 0.2) is 35.7 Å². The van der Waals surface area contributed by atoms with Crippen LogP contribution in [-0.4, -0.2) is 52.1 Å². The molecule has 2 rings (SSSR count). The highest BCUT2D eigenvalue weighted by Crippen LogP contribution is 2.38. The molecule has 0 aliphatic carbocycles. The molecule has 2 aromatic rings. The molecule has 0 saturated heterocycles. The normalized spacial score (nSPS) is 11.5. The maximum Gasteiger partial charge on any atom is 0.398 e. The van der Waals surface area contributed by atoms with Crippen LogP contribution in [0, 0.1) is 0 Å². The van der Waals surface area contributed by atoms with E-state index < -0.39 is 11.9 Å². The first-order chi connectivity index (χ1) is 13.2. The van der Waals surface area contributed by atoms with Gasteiger partial charge in [0.05, 0.1) is 22.3 Å². The smallest absolute Gasteiger partial charge is 0.398 e. The lowest BCUT2D eigenvalue weighted by atomic mass is 10.3. The maximum atomic E-state index is 12.4. The van der Waals surface area contributed by atoms with Gasteiger partial charge in [-0.15, -0.1) is 11.8 Å². The van der Waals surface area contributed by atoms with Crippen LogP contribution in [0.1, 0.15) is 13.3 Å². The number of rotatable bonds is 8. The van der Waals surface area contributed by atoms with E-state index in [1.807, 2.05) is 6.92 Å².